The molecule has 3 N–H and O–H groups in total. The van der Waals surface area contributed by atoms with Crippen LogP contribution in [0.4, 0.5) is 5.82 Å². The summed E-state index contributed by atoms with van der Waals surface area (Å²) in [5.41, 5.74) is 5.37. The maximum absolute atomic E-state index is 5.38. The number of rotatable bonds is 6. The molecule has 90 valence electrons. The summed E-state index contributed by atoms with van der Waals surface area (Å²) in [5.74, 6) is 2.07. The molecule has 0 fully saturated rings. The van der Waals surface area contributed by atoms with E-state index in [0.717, 1.165) is 12.2 Å². The number of anilines is 1. The van der Waals surface area contributed by atoms with Crippen LogP contribution in [0.2, 0.25) is 0 Å². The van der Waals surface area contributed by atoms with Crippen molar-refractivity contribution in [3.05, 3.63) is 11.9 Å². The van der Waals surface area contributed by atoms with Gasteiger partial charge in [-0.25, -0.2) is 4.98 Å². The molecule has 0 saturated carbocycles. The molecular formula is C11H20N4O. The minimum atomic E-state index is 0.386. The van der Waals surface area contributed by atoms with Gasteiger partial charge in [0.05, 0.1) is 0 Å². The average molecular weight is 224 g/mol. The number of nitrogens with two attached hydrogens (primary N) is 1. The molecule has 0 amide bonds. The summed E-state index contributed by atoms with van der Waals surface area (Å²) in [7, 11) is 0. The number of ether oxygens (including phenoxy) is 1. The topological polar surface area (TPSA) is 73.1 Å². The molecule has 0 radical (unpaired) electrons. The Morgan fingerprint density at radius 3 is 2.88 bits per heavy atom. The Morgan fingerprint density at radius 1 is 1.50 bits per heavy atom. The largest absolute Gasteiger partial charge is 0.476 e. The second kappa shape index (κ2) is 6.27. The van der Waals surface area contributed by atoms with Gasteiger partial charge < -0.3 is 15.8 Å². The molecule has 0 aliphatic heterocycles. The zero-order chi connectivity index (χ0) is 12.0. The summed E-state index contributed by atoms with van der Waals surface area (Å²) in [5, 5.41) is 3.29. The molecule has 16 heavy (non-hydrogen) atoms. The number of hydrogen-bond acceptors (Lipinski definition) is 5. The van der Waals surface area contributed by atoms with Gasteiger partial charge in [-0.05, 0) is 20.3 Å². The normalized spacial score (nSPS) is 12.2. The van der Waals surface area contributed by atoms with Crippen molar-refractivity contribution in [1.82, 2.24) is 9.97 Å². The first-order chi connectivity index (χ1) is 7.65. The quantitative estimate of drug-likeness (QED) is 0.762. The number of nitrogens with zero attached hydrogens (tertiary/aromatic N) is 2. The van der Waals surface area contributed by atoms with Crippen molar-refractivity contribution < 1.29 is 4.74 Å². The highest BCUT2D eigenvalue weighted by Crippen LogP contribution is 2.14. The summed E-state index contributed by atoms with van der Waals surface area (Å²) < 4.78 is 5.38. The van der Waals surface area contributed by atoms with Crippen LogP contribution in [0.1, 0.15) is 26.1 Å². The van der Waals surface area contributed by atoms with E-state index in [1.807, 2.05) is 6.92 Å². The molecule has 1 aromatic rings. The molecule has 1 atom stereocenters. The molecule has 0 saturated heterocycles. The van der Waals surface area contributed by atoms with Gasteiger partial charge in [0.2, 0.25) is 5.88 Å². The van der Waals surface area contributed by atoms with E-state index in [1.165, 1.54) is 0 Å². The molecule has 5 nitrogen and oxygen atoms in total. The first-order valence-corrected chi connectivity index (χ1v) is 5.60. The predicted octanol–water partition coefficient (Wildman–Crippen LogP) is 1.33. The van der Waals surface area contributed by atoms with Crippen molar-refractivity contribution >= 4 is 5.82 Å². The van der Waals surface area contributed by atoms with Crippen LogP contribution in [0.25, 0.3) is 0 Å². The lowest BCUT2D eigenvalue weighted by molar-refractivity contribution is 0.314. The fourth-order valence-electron chi connectivity index (χ4n) is 1.21. The number of aryl methyl sites for hydroxylation is 1. The van der Waals surface area contributed by atoms with Gasteiger partial charge in [-0.15, -0.1) is 0 Å². The van der Waals surface area contributed by atoms with Crippen LogP contribution in [-0.2, 0) is 0 Å². The molecule has 1 heterocycles. The first kappa shape index (κ1) is 12.7. The highest BCUT2D eigenvalue weighted by molar-refractivity contribution is 5.39. The number of nitrogens with one attached hydrogen (secondary N) is 1. The third-order valence-corrected chi connectivity index (χ3v) is 2.19. The lowest BCUT2D eigenvalue weighted by Crippen LogP contribution is -2.16. The summed E-state index contributed by atoms with van der Waals surface area (Å²) >= 11 is 0. The number of aromatic nitrogens is 2. The van der Waals surface area contributed by atoms with Crippen LogP contribution in [0.3, 0.4) is 0 Å². The van der Waals surface area contributed by atoms with E-state index in [1.54, 1.807) is 6.07 Å². The average Bonchev–Trinajstić information content (AvgIpc) is 2.25. The molecule has 1 aromatic heterocycles. The third kappa shape index (κ3) is 4.02. The Kier molecular flexibility index (Phi) is 4.98. The highest BCUT2D eigenvalue weighted by atomic mass is 16.5. The Balaban J connectivity index is 2.73. The van der Waals surface area contributed by atoms with Crippen molar-refractivity contribution in [3.8, 4) is 5.88 Å². The van der Waals surface area contributed by atoms with Crippen molar-refractivity contribution in [3.63, 3.8) is 0 Å². The van der Waals surface area contributed by atoms with Gasteiger partial charge >= 0.3 is 0 Å². The molecule has 5 heteroatoms. The molecule has 0 bridgehead atoms. The summed E-state index contributed by atoms with van der Waals surface area (Å²) in [6, 6.07) is 2.19. The van der Waals surface area contributed by atoms with Crippen LogP contribution >= 0.6 is 0 Å². The van der Waals surface area contributed by atoms with Gasteiger partial charge in [0.1, 0.15) is 18.2 Å². The SMILES string of the molecule is CC[C@H](C)Nc1cc(OCCN)nc(C)n1. The molecule has 0 spiro atoms. The van der Waals surface area contributed by atoms with Crippen LogP contribution in [0, 0.1) is 6.92 Å². The van der Waals surface area contributed by atoms with E-state index in [2.05, 4.69) is 29.1 Å². The van der Waals surface area contributed by atoms with E-state index in [4.69, 9.17) is 10.5 Å². The van der Waals surface area contributed by atoms with E-state index in [-0.39, 0.29) is 0 Å². The molecule has 0 aliphatic carbocycles. The molecule has 1 rings (SSSR count). The van der Waals surface area contributed by atoms with Crippen molar-refractivity contribution in [1.29, 1.82) is 0 Å². The van der Waals surface area contributed by atoms with Crippen LogP contribution in [0.15, 0.2) is 6.07 Å². The van der Waals surface area contributed by atoms with E-state index in [0.29, 0.717) is 30.9 Å². The minimum absolute atomic E-state index is 0.386. The molecule has 0 aromatic carbocycles. The van der Waals surface area contributed by atoms with E-state index >= 15 is 0 Å². The fourth-order valence-corrected chi connectivity index (χ4v) is 1.21. The Bertz CT molecular complexity index is 330. The second-order valence-electron chi connectivity index (χ2n) is 3.73. The van der Waals surface area contributed by atoms with Crippen molar-refractivity contribution in [2.24, 2.45) is 5.73 Å². The zero-order valence-electron chi connectivity index (χ0n) is 10.2. The zero-order valence-corrected chi connectivity index (χ0v) is 10.2. The summed E-state index contributed by atoms with van der Waals surface area (Å²) in [6.45, 7) is 7.03. The van der Waals surface area contributed by atoms with Crippen LogP contribution in [0.5, 0.6) is 5.88 Å². The van der Waals surface area contributed by atoms with Gasteiger partial charge in [-0.2, -0.15) is 4.98 Å². The van der Waals surface area contributed by atoms with Gasteiger partial charge in [0.25, 0.3) is 0 Å². The van der Waals surface area contributed by atoms with Crippen LogP contribution < -0.4 is 15.8 Å². The molecular weight excluding hydrogens is 204 g/mol. The van der Waals surface area contributed by atoms with E-state index in [9.17, 15) is 0 Å². The molecule has 0 unspecified atom stereocenters. The summed E-state index contributed by atoms with van der Waals surface area (Å²) in [6.07, 6.45) is 1.04. The van der Waals surface area contributed by atoms with E-state index < -0.39 is 0 Å². The Labute approximate surface area is 96.4 Å². The monoisotopic (exact) mass is 224 g/mol. The van der Waals surface area contributed by atoms with Gasteiger partial charge in [-0.1, -0.05) is 6.92 Å². The lowest BCUT2D eigenvalue weighted by Gasteiger charge is -2.13. The minimum Gasteiger partial charge on any atom is -0.476 e. The fraction of sp³-hybridized carbons (Fsp3) is 0.636. The molecule has 0 aliphatic rings. The number of hydrogen-bond donors (Lipinski definition) is 2. The van der Waals surface area contributed by atoms with Crippen molar-refractivity contribution in [2.75, 3.05) is 18.5 Å². The third-order valence-electron chi connectivity index (χ3n) is 2.19. The maximum atomic E-state index is 5.38. The smallest absolute Gasteiger partial charge is 0.218 e. The second-order valence-corrected chi connectivity index (χ2v) is 3.73. The highest BCUT2D eigenvalue weighted by Gasteiger charge is 2.05. The van der Waals surface area contributed by atoms with Gasteiger partial charge in [-0.3, -0.25) is 0 Å². The van der Waals surface area contributed by atoms with Crippen molar-refractivity contribution in [2.45, 2.75) is 33.2 Å². The summed E-state index contributed by atoms with van der Waals surface area (Å²) in [4.78, 5) is 8.47. The Hall–Kier alpha value is -1.36. The van der Waals surface area contributed by atoms with Crippen LogP contribution in [-0.4, -0.2) is 29.2 Å². The predicted molar refractivity (Wildman–Crippen MR) is 64.7 cm³/mol. The first-order valence-electron chi connectivity index (χ1n) is 5.60. The lowest BCUT2D eigenvalue weighted by atomic mass is 10.2. The Morgan fingerprint density at radius 2 is 2.25 bits per heavy atom. The van der Waals surface area contributed by atoms with Gasteiger partial charge in [0, 0.05) is 18.7 Å². The maximum Gasteiger partial charge on any atom is 0.218 e. The van der Waals surface area contributed by atoms with Gasteiger partial charge in [0.15, 0.2) is 0 Å². The standard InChI is InChI=1S/C11H20N4O/c1-4-8(2)13-10-7-11(16-6-5-12)15-9(3)14-10/h7-8H,4-6,12H2,1-3H3,(H,13,14,15)/t8-/m0/s1.